The Kier molecular flexibility index (Phi) is 6.42. The highest BCUT2D eigenvalue weighted by Crippen LogP contribution is 2.05. The van der Waals surface area contributed by atoms with E-state index in [1.165, 1.54) is 25.3 Å². The molecule has 0 fully saturated rings. The second-order valence-electron chi connectivity index (χ2n) is 5.38. The van der Waals surface area contributed by atoms with Crippen molar-refractivity contribution in [3.05, 3.63) is 65.7 Å². The third kappa shape index (κ3) is 5.46. The minimum atomic E-state index is -0.278. The molecule has 0 spiro atoms. The van der Waals surface area contributed by atoms with Gasteiger partial charge in [0.05, 0.1) is 5.56 Å². The molecule has 0 saturated heterocycles. The summed E-state index contributed by atoms with van der Waals surface area (Å²) >= 11 is 0. The van der Waals surface area contributed by atoms with Crippen LogP contribution >= 0.6 is 0 Å². The molecule has 1 heterocycles. The van der Waals surface area contributed by atoms with E-state index < -0.39 is 0 Å². The first-order valence-corrected chi connectivity index (χ1v) is 7.74. The maximum atomic E-state index is 12.9. The van der Waals surface area contributed by atoms with Gasteiger partial charge in [-0.1, -0.05) is 12.1 Å². The standard InChI is InChI=1S/C18H20FN3O2/c1-14(23)22(11-8-15-4-6-17(19)7-5-15)12-10-21-18(24)16-3-2-9-20-13-16/h2-7,9,13H,8,10-12H2,1H3,(H,21,24). The molecule has 0 unspecified atom stereocenters. The number of carbonyl (C=O) groups is 2. The summed E-state index contributed by atoms with van der Waals surface area (Å²) in [5, 5.41) is 2.77. The first-order valence-electron chi connectivity index (χ1n) is 7.74. The lowest BCUT2D eigenvalue weighted by molar-refractivity contribution is -0.128. The molecule has 2 amide bonds. The Balaban J connectivity index is 1.80. The van der Waals surface area contributed by atoms with Crippen molar-refractivity contribution >= 4 is 11.8 Å². The van der Waals surface area contributed by atoms with Crippen molar-refractivity contribution < 1.29 is 14.0 Å². The van der Waals surface area contributed by atoms with Crippen molar-refractivity contribution in [2.75, 3.05) is 19.6 Å². The Labute approximate surface area is 140 Å². The third-order valence-electron chi connectivity index (χ3n) is 3.62. The molecule has 0 atom stereocenters. The second kappa shape index (κ2) is 8.76. The summed E-state index contributed by atoms with van der Waals surface area (Å²) in [5.74, 6) is -0.557. The lowest BCUT2D eigenvalue weighted by atomic mass is 10.1. The number of rotatable bonds is 7. The Hall–Kier alpha value is -2.76. The number of hydrogen-bond acceptors (Lipinski definition) is 3. The van der Waals surface area contributed by atoms with Gasteiger partial charge in [0.1, 0.15) is 5.82 Å². The Morgan fingerprint density at radius 2 is 1.92 bits per heavy atom. The number of aromatic nitrogens is 1. The highest BCUT2D eigenvalue weighted by Gasteiger charge is 2.10. The molecule has 0 radical (unpaired) electrons. The van der Waals surface area contributed by atoms with Crippen LogP contribution in [-0.4, -0.2) is 41.3 Å². The number of carbonyl (C=O) groups excluding carboxylic acids is 2. The van der Waals surface area contributed by atoms with E-state index in [9.17, 15) is 14.0 Å². The molecule has 0 aliphatic rings. The summed E-state index contributed by atoms with van der Waals surface area (Å²) in [6.45, 7) is 2.79. The molecule has 0 saturated carbocycles. The molecule has 126 valence electrons. The van der Waals surface area contributed by atoms with Gasteiger partial charge in [0.25, 0.3) is 5.91 Å². The number of benzene rings is 1. The predicted octanol–water partition coefficient (Wildman–Crippen LogP) is 2.04. The summed E-state index contributed by atoms with van der Waals surface area (Å²) in [7, 11) is 0. The van der Waals surface area contributed by atoms with Crippen molar-refractivity contribution in [3.8, 4) is 0 Å². The van der Waals surface area contributed by atoms with Crippen LogP contribution in [-0.2, 0) is 11.2 Å². The Morgan fingerprint density at radius 3 is 2.54 bits per heavy atom. The van der Waals surface area contributed by atoms with Gasteiger partial charge in [0, 0.05) is 39.0 Å². The van der Waals surface area contributed by atoms with Crippen LogP contribution in [0.5, 0.6) is 0 Å². The molecule has 24 heavy (non-hydrogen) atoms. The molecule has 2 rings (SSSR count). The summed E-state index contributed by atoms with van der Waals surface area (Å²) in [6.07, 6.45) is 3.73. The van der Waals surface area contributed by atoms with Crippen molar-refractivity contribution in [2.24, 2.45) is 0 Å². The number of amides is 2. The Morgan fingerprint density at radius 1 is 1.17 bits per heavy atom. The van der Waals surface area contributed by atoms with Gasteiger partial charge in [-0.15, -0.1) is 0 Å². The van der Waals surface area contributed by atoms with Crippen LogP contribution in [0.2, 0.25) is 0 Å². The summed E-state index contributed by atoms with van der Waals surface area (Å²) < 4.78 is 12.9. The quantitative estimate of drug-likeness (QED) is 0.845. The second-order valence-corrected chi connectivity index (χ2v) is 5.38. The van der Waals surface area contributed by atoms with Gasteiger partial charge in [0.2, 0.25) is 5.91 Å². The molecule has 0 aliphatic carbocycles. The van der Waals surface area contributed by atoms with E-state index in [-0.39, 0.29) is 17.6 Å². The minimum Gasteiger partial charge on any atom is -0.350 e. The van der Waals surface area contributed by atoms with Crippen molar-refractivity contribution in [1.82, 2.24) is 15.2 Å². The molecule has 6 heteroatoms. The Bertz CT molecular complexity index is 674. The number of halogens is 1. The molecular formula is C18H20FN3O2. The lowest BCUT2D eigenvalue weighted by Crippen LogP contribution is -2.38. The zero-order valence-electron chi connectivity index (χ0n) is 13.5. The topological polar surface area (TPSA) is 62.3 Å². The highest BCUT2D eigenvalue weighted by atomic mass is 19.1. The van der Waals surface area contributed by atoms with E-state index in [1.54, 1.807) is 35.4 Å². The first-order chi connectivity index (χ1) is 11.6. The van der Waals surface area contributed by atoms with Gasteiger partial charge in [-0.2, -0.15) is 0 Å². The third-order valence-corrected chi connectivity index (χ3v) is 3.62. The monoisotopic (exact) mass is 329 g/mol. The molecular weight excluding hydrogens is 309 g/mol. The average Bonchev–Trinajstić information content (AvgIpc) is 2.59. The van der Waals surface area contributed by atoms with E-state index in [0.29, 0.717) is 31.6 Å². The van der Waals surface area contributed by atoms with E-state index in [1.807, 2.05) is 0 Å². The van der Waals surface area contributed by atoms with Gasteiger partial charge < -0.3 is 10.2 Å². The maximum absolute atomic E-state index is 12.9. The molecule has 1 aromatic carbocycles. The molecule has 0 aliphatic heterocycles. The van der Waals surface area contributed by atoms with Crippen LogP contribution in [0.4, 0.5) is 4.39 Å². The molecule has 5 nitrogen and oxygen atoms in total. The highest BCUT2D eigenvalue weighted by molar-refractivity contribution is 5.93. The van der Waals surface area contributed by atoms with Gasteiger partial charge in [-0.3, -0.25) is 14.6 Å². The van der Waals surface area contributed by atoms with Crippen molar-refractivity contribution in [2.45, 2.75) is 13.3 Å². The zero-order valence-corrected chi connectivity index (χ0v) is 13.5. The van der Waals surface area contributed by atoms with Crippen LogP contribution in [0.1, 0.15) is 22.8 Å². The van der Waals surface area contributed by atoms with Gasteiger partial charge >= 0.3 is 0 Å². The van der Waals surface area contributed by atoms with Gasteiger partial charge in [0.15, 0.2) is 0 Å². The fourth-order valence-corrected chi connectivity index (χ4v) is 2.25. The van der Waals surface area contributed by atoms with Crippen molar-refractivity contribution in [3.63, 3.8) is 0 Å². The largest absolute Gasteiger partial charge is 0.350 e. The van der Waals surface area contributed by atoms with Crippen LogP contribution in [0.3, 0.4) is 0 Å². The minimum absolute atomic E-state index is 0.0623. The average molecular weight is 329 g/mol. The predicted molar refractivity (Wildman–Crippen MR) is 88.9 cm³/mol. The van der Waals surface area contributed by atoms with E-state index >= 15 is 0 Å². The summed E-state index contributed by atoms with van der Waals surface area (Å²) in [6, 6.07) is 9.60. The van der Waals surface area contributed by atoms with Crippen LogP contribution in [0.25, 0.3) is 0 Å². The van der Waals surface area contributed by atoms with Crippen LogP contribution < -0.4 is 5.32 Å². The summed E-state index contributed by atoms with van der Waals surface area (Å²) in [5.41, 5.74) is 1.44. The lowest BCUT2D eigenvalue weighted by Gasteiger charge is -2.21. The maximum Gasteiger partial charge on any atom is 0.252 e. The van der Waals surface area contributed by atoms with Crippen LogP contribution in [0.15, 0.2) is 48.8 Å². The van der Waals surface area contributed by atoms with Gasteiger partial charge in [-0.05, 0) is 36.2 Å². The number of hydrogen-bond donors (Lipinski definition) is 1. The van der Waals surface area contributed by atoms with Gasteiger partial charge in [-0.25, -0.2) is 4.39 Å². The zero-order chi connectivity index (χ0) is 17.4. The molecule has 1 aromatic heterocycles. The normalized spacial score (nSPS) is 10.2. The number of nitrogens with zero attached hydrogens (tertiary/aromatic N) is 2. The molecule has 0 bridgehead atoms. The van der Waals surface area contributed by atoms with E-state index in [0.717, 1.165) is 5.56 Å². The first kappa shape index (κ1) is 17.6. The van der Waals surface area contributed by atoms with Crippen molar-refractivity contribution in [1.29, 1.82) is 0 Å². The molecule has 1 N–H and O–H groups in total. The fraction of sp³-hybridized carbons (Fsp3) is 0.278. The molecule has 2 aromatic rings. The SMILES string of the molecule is CC(=O)N(CCNC(=O)c1cccnc1)CCc1ccc(F)cc1. The smallest absolute Gasteiger partial charge is 0.252 e. The van der Waals surface area contributed by atoms with E-state index in [2.05, 4.69) is 10.3 Å². The fourth-order valence-electron chi connectivity index (χ4n) is 2.25. The summed E-state index contributed by atoms with van der Waals surface area (Å²) in [4.78, 5) is 29.2. The number of nitrogens with one attached hydrogen (secondary N) is 1. The van der Waals surface area contributed by atoms with Crippen LogP contribution in [0, 0.1) is 5.82 Å². The number of pyridine rings is 1. The van der Waals surface area contributed by atoms with E-state index in [4.69, 9.17) is 0 Å².